The maximum Gasteiger partial charge on any atom is 0.214 e. The fourth-order valence-electron chi connectivity index (χ4n) is 2.51. The molecule has 1 aromatic rings. The van der Waals surface area contributed by atoms with Gasteiger partial charge in [0.25, 0.3) is 0 Å². The van der Waals surface area contributed by atoms with Crippen LogP contribution in [0.5, 0.6) is 0 Å². The lowest BCUT2D eigenvalue weighted by molar-refractivity contribution is 0.0918. The minimum absolute atomic E-state index is 0.0854. The maximum absolute atomic E-state index is 12.4. The van der Waals surface area contributed by atoms with Crippen LogP contribution in [0.2, 0.25) is 0 Å². The molecule has 1 saturated heterocycles. The summed E-state index contributed by atoms with van der Waals surface area (Å²) in [4.78, 5) is 12.4. The zero-order valence-electron chi connectivity index (χ0n) is 11.1. The van der Waals surface area contributed by atoms with Gasteiger partial charge in [0, 0.05) is 12.1 Å². The van der Waals surface area contributed by atoms with Crippen molar-refractivity contribution in [3.63, 3.8) is 0 Å². The average molecular weight is 281 g/mol. The summed E-state index contributed by atoms with van der Waals surface area (Å²) in [6.07, 6.45) is 1.95. The Morgan fingerprint density at radius 3 is 2.63 bits per heavy atom. The van der Waals surface area contributed by atoms with E-state index in [9.17, 15) is 13.2 Å². The Kier molecular flexibility index (Phi) is 4.37. The molecule has 0 aromatic heterocycles. The standard InChI is InChI=1S/C14H19NO3S/c1-2-11-19(17,18)15-10-6-9-13(15)14(16)12-7-4-3-5-8-12/h3-5,7-8,13H,2,6,9-11H2,1H3. The highest BCUT2D eigenvalue weighted by atomic mass is 32.2. The highest BCUT2D eigenvalue weighted by molar-refractivity contribution is 7.89. The number of sulfonamides is 1. The van der Waals surface area contributed by atoms with Gasteiger partial charge < -0.3 is 0 Å². The molecule has 2 rings (SSSR count). The SMILES string of the molecule is CCCS(=O)(=O)N1CCCC1C(=O)c1ccccc1. The van der Waals surface area contributed by atoms with E-state index in [1.54, 1.807) is 24.3 Å². The van der Waals surface area contributed by atoms with E-state index in [1.165, 1.54) is 4.31 Å². The Morgan fingerprint density at radius 1 is 1.32 bits per heavy atom. The normalized spacial score (nSPS) is 20.6. The number of ketones is 1. The topological polar surface area (TPSA) is 54.5 Å². The Morgan fingerprint density at radius 2 is 2.00 bits per heavy atom. The zero-order chi connectivity index (χ0) is 13.9. The first-order valence-electron chi connectivity index (χ1n) is 6.65. The molecule has 1 unspecified atom stereocenters. The number of benzene rings is 1. The van der Waals surface area contributed by atoms with Gasteiger partial charge in [-0.05, 0) is 19.3 Å². The number of carbonyl (C=O) groups excluding carboxylic acids is 1. The highest BCUT2D eigenvalue weighted by Gasteiger charge is 2.38. The van der Waals surface area contributed by atoms with Crippen molar-refractivity contribution in [3.8, 4) is 0 Å². The van der Waals surface area contributed by atoms with Crippen molar-refractivity contribution in [1.29, 1.82) is 0 Å². The molecule has 1 atom stereocenters. The summed E-state index contributed by atoms with van der Waals surface area (Å²) in [6.45, 7) is 2.30. The van der Waals surface area contributed by atoms with Gasteiger partial charge in [-0.3, -0.25) is 4.79 Å². The largest absolute Gasteiger partial charge is 0.292 e. The van der Waals surface area contributed by atoms with Crippen LogP contribution in [0.15, 0.2) is 30.3 Å². The Labute approximate surface area is 114 Å². The first kappa shape index (κ1) is 14.2. The van der Waals surface area contributed by atoms with Crippen LogP contribution in [0.25, 0.3) is 0 Å². The van der Waals surface area contributed by atoms with Crippen LogP contribution in [0, 0.1) is 0 Å². The van der Waals surface area contributed by atoms with Gasteiger partial charge in [0.05, 0.1) is 11.8 Å². The number of carbonyl (C=O) groups is 1. The minimum atomic E-state index is -3.30. The molecular formula is C14H19NO3S. The van der Waals surface area contributed by atoms with Gasteiger partial charge in [0.2, 0.25) is 10.0 Å². The van der Waals surface area contributed by atoms with Gasteiger partial charge in [-0.25, -0.2) is 8.42 Å². The van der Waals surface area contributed by atoms with Crippen LogP contribution in [0.3, 0.4) is 0 Å². The molecule has 1 aliphatic rings. The van der Waals surface area contributed by atoms with Crippen LogP contribution in [0.4, 0.5) is 0 Å². The van der Waals surface area contributed by atoms with Crippen molar-refractivity contribution >= 4 is 15.8 Å². The molecule has 0 N–H and O–H groups in total. The molecular weight excluding hydrogens is 262 g/mol. The van der Waals surface area contributed by atoms with Crippen molar-refractivity contribution in [3.05, 3.63) is 35.9 Å². The van der Waals surface area contributed by atoms with Gasteiger partial charge in [0.15, 0.2) is 5.78 Å². The summed E-state index contributed by atoms with van der Waals surface area (Å²) < 4.78 is 25.7. The molecule has 0 bridgehead atoms. The van der Waals surface area contributed by atoms with E-state index in [1.807, 2.05) is 13.0 Å². The number of rotatable bonds is 5. The molecule has 0 spiro atoms. The predicted molar refractivity (Wildman–Crippen MR) is 74.6 cm³/mol. The second-order valence-electron chi connectivity index (χ2n) is 4.82. The zero-order valence-corrected chi connectivity index (χ0v) is 11.9. The third-order valence-corrected chi connectivity index (χ3v) is 5.46. The van der Waals surface area contributed by atoms with E-state index in [4.69, 9.17) is 0 Å². The highest BCUT2D eigenvalue weighted by Crippen LogP contribution is 2.24. The van der Waals surface area contributed by atoms with Crippen LogP contribution in [-0.4, -0.2) is 36.8 Å². The van der Waals surface area contributed by atoms with E-state index in [-0.39, 0.29) is 11.5 Å². The third-order valence-electron chi connectivity index (χ3n) is 3.38. The van der Waals surface area contributed by atoms with Gasteiger partial charge in [-0.2, -0.15) is 4.31 Å². The Balaban J connectivity index is 2.22. The smallest absolute Gasteiger partial charge is 0.214 e. The van der Waals surface area contributed by atoms with Crippen molar-refractivity contribution in [2.24, 2.45) is 0 Å². The third kappa shape index (κ3) is 3.04. The minimum Gasteiger partial charge on any atom is -0.292 e. The monoisotopic (exact) mass is 281 g/mol. The average Bonchev–Trinajstić information content (AvgIpc) is 2.89. The fourth-order valence-corrected chi connectivity index (χ4v) is 4.25. The van der Waals surface area contributed by atoms with Gasteiger partial charge in [0.1, 0.15) is 0 Å². The van der Waals surface area contributed by atoms with Crippen molar-refractivity contribution in [1.82, 2.24) is 4.31 Å². The van der Waals surface area contributed by atoms with Crippen LogP contribution >= 0.6 is 0 Å². The lowest BCUT2D eigenvalue weighted by Gasteiger charge is -2.22. The molecule has 0 aliphatic carbocycles. The molecule has 1 aromatic carbocycles. The first-order valence-corrected chi connectivity index (χ1v) is 8.26. The molecule has 1 heterocycles. The summed E-state index contributed by atoms with van der Waals surface area (Å²) in [5.74, 6) is 0.0312. The van der Waals surface area contributed by atoms with Gasteiger partial charge >= 0.3 is 0 Å². The van der Waals surface area contributed by atoms with E-state index < -0.39 is 16.1 Å². The van der Waals surface area contributed by atoms with Crippen LogP contribution in [-0.2, 0) is 10.0 Å². The van der Waals surface area contributed by atoms with Gasteiger partial charge in [-0.15, -0.1) is 0 Å². The van der Waals surface area contributed by atoms with Crippen molar-refractivity contribution in [2.45, 2.75) is 32.2 Å². The lowest BCUT2D eigenvalue weighted by atomic mass is 10.0. The number of hydrogen-bond donors (Lipinski definition) is 0. The number of hydrogen-bond acceptors (Lipinski definition) is 3. The van der Waals surface area contributed by atoms with Crippen LogP contribution in [0.1, 0.15) is 36.5 Å². The predicted octanol–water partition coefficient (Wildman–Crippen LogP) is 2.07. The molecule has 0 radical (unpaired) electrons. The van der Waals surface area contributed by atoms with E-state index >= 15 is 0 Å². The molecule has 0 amide bonds. The molecule has 4 nitrogen and oxygen atoms in total. The Bertz CT molecular complexity index is 539. The van der Waals surface area contributed by atoms with Crippen LogP contribution < -0.4 is 0 Å². The molecule has 1 fully saturated rings. The van der Waals surface area contributed by atoms with Gasteiger partial charge in [-0.1, -0.05) is 37.3 Å². The summed E-state index contributed by atoms with van der Waals surface area (Å²) >= 11 is 0. The number of nitrogens with zero attached hydrogens (tertiary/aromatic N) is 1. The summed E-state index contributed by atoms with van der Waals surface area (Å²) in [7, 11) is -3.30. The summed E-state index contributed by atoms with van der Waals surface area (Å²) in [5.41, 5.74) is 0.589. The van der Waals surface area contributed by atoms with E-state index in [0.29, 0.717) is 24.9 Å². The Hall–Kier alpha value is -1.20. The molecule has 5 heteroatoms. The fraction of sp³-hybridized carbons (Fsp3) is 0.500. The number of Topliss-reactive ketones (excluding diaryl/α,β-unsaturated/α-hetero) is 1. The molecule has 1 aliphatic heterocycles. The molecule has 104 valence electrons. The van der Waals surface area contributed by atoms with E-state index in [2.05, 4.69) is 0 Å². The lowest BCUT2D eigenvalue weighted by Crippen LogP contribution is -2.41. The maximum atomic E-state index is 12.4. The molecule has 19 heavy (non-hydrogen) atoms. The summed E-state index contributed by atoms with van der Waals surface area (Å²) in [5, 5.41) is 0. The first-order chi connectivity index (χ1) is 9.06. The van der Waals surface area contributed by atoms with E-state index in [0.717, 1.165) is 6.42 Å². The summed E-state index contributed by atoms with van der Waals surface area (Å²) in [6, 6.07) is 8.41. The van der Waals surface area contributed by atoms with Crippen molar-refractivity contribution in [2.75, 3.05) is 12.3 Å². The quantitative estimate of drug-likeness (QED) is 0.776. The molecule has 0 saturated carbocycles. The second-order valence-corrected chi connectivity index (χ2v) is 6.86. The second kappa shape index (κ2) is 5.84. The van der Waals surface area contributed by atoms with Crippen molar-refractivity contribution < 1.29 is 13.2 Å².